The second-order valence-corrected chi connectivity index (χ2v) is 7.62. The van der Waals surface area contributed by atoms with Crippen LogP contribution in [0.3, 0.4) is 0 Å². The number of hydrogen-bond acceptors (Lipinski definition) is 4. The molecule has 2 heterocycles. The van der Waals surface area contributed by atoms with Crippen LogP contribution in [0.2, 0.25) is 0 Å². The number of rotatable bonds is 6. The number of urea groups is 1. The highest BCUT2D eigenvalue weighted by Gasteiger charge is 2.22. The Kier molecular flexibility index (Phi) is 6.44. The van der Waals surface area contributed by atoms with Crippen LogP contribution in [-0.4, -0.2) is 53.5 Å². The van der Waals surface area contributed by atoms with Crippen molar-refractivity contribution in [2.75, 3.05) is 32.7 Å². The van der Waals surface area contributed by atoms with Gasteiger partial charge in [0.15, 0.2) is 0 Å². The standard InChI is InChI=1S/C24H28N4O2/c1-19-22(26-23(30-19)21-10-6-3-7-11-21)18-27-14-16-28(17-15-27)24(29)25-13-12-20-8-4-2-5-9-20/h2-11H,12-18H2,1H3,(H,25,29). The molecule has 0 radical (unpaired) electrons. The molecular weight excluding hydrogens is 376 g/mol. The Morgan fingerprint density at radius 3 is 2.37 bits per heavy atom. The first-order chi connectivity index (χ1) is 14.7. The van der Waals surface area contributed by atoms with E-state index in [2.05, 4.69) is 22.3 Å². The van der Waals surface area contributed by atoms with Crippen molar-refractivity contribution < 1.29 is 9.21 Å². The molecule has 0 spiro atoms. The Balaban J connectivity index is 1.24. The summed E-state index contributed by atoms with van der Waals surface area (Å²) in [5.41, 5.74) is 3.19. The number of aromatic nitrogens is 1. The first-order valence-corrected chi connectivity index (χ1v) is 10.5. The Hall–Kier alpha value is -3.12. The summed E-state index contributed by atoms with van der Waals surface area (Å²) in [5, 5.41) is 3.04. The lowest BCUT2D eigenvalue weighted by atomic mass is 10.1. The van der Waals surface area contributed by atoms with E-state index in [0.717, 1.165) is 56.2 Å². The molecule has 1 aliphatic heterocycles. The molecule has 0 aliphatic carbocycles. The maximum absolute atomic E-state index is 12.4. The van der Waals surface area contributed by atoms with E-state index in [9.17, 15) is 4.79 Å². The second-order valence-electron chi connectivity index (χ2n) is 7.62. The van der Waals surface area contributed by atoms with Crippen molar-refractivity contribution in [3.8, 4) is 11.5 Å². The van der Waals surface area contributed by atoms with Gasteiger partial charge < -0.3 is 14.6 Å². The SMILES string of the molecule is Cc1oc(-c2ccccc2)nc1CN1CCN(C(=O)NCCc2ccccc2)CC1. The van der Waals surface area contributed by atoms with Gasteiger partial charge in [-0.2, -0.15) is 0 Å². The van der Waals surface area contributed by atoms with E-state index in [-0.39, 0.29) is 6.03 Å². The molecule has 30 heavy (non-hydrogen) atoms. The van der Waals surface area contributed by atoms with Gasteiger partial charge in [0.2, 0.25) is 5.89 Å². The summed E-state index contributed by atoms with van der Waals surface area (Å²) in [6, 6.07) is 20.2. The molecule has 3 aromatic rings. The van der Waals surface area contributed by atoms with Crippen LogP contribution in [0.1, 0.15) is 17.0 Å². The van der Waals surface area contributed by atoms with Crippen molar-refractivity contribution in [3.63, 3.8) is 0 Å². The summed E-state index contributed by atoms with van der Waals surface area (Å²) in [4.78, 5) is 21.4. The molecule has 0 unspecified atom stereocenters. The highest BCUT2D eigenvalue weighted by atomic mass is 16.4. The van der Waals surface area contributed by atoms with E-state index >= 15 is 0 Å². The van der Waals surface area contributed by atoms with Gasteiger partial charge in [-0.25, -0.2) is 9.78 Å². The van der Waals surface area contributed by atoms with Crippen LogP contribution in [0, 0.1) is 6.92 Å². The number of aryl methyl sites for hydroxylation is 1. The Labute approximate surface area is 177 Å². The lowest BCUT2D eigenvalue weighted by Crippen LogP contribution is -2.51. The third-order valence-corrected chi connectivity index (χ3v) is 5.48. The van der Waals surface area contributed by atoms with Crippen LogP contribution >= 0.6 is 0 Å². The number of benzene rings is 2. The molecule has 1 saturated heterocycles. The minimum absolute atomic E-state index is 0.0227. The largest absolute Gasteiger partial charge is 0.441 e. The molecule has 1 aromatic heterocycles. The summed E-state index contributed by atoms with van der Waals surface area (Å²) in [5.74, 6) is 1.52. The van der Waals surface area contributed by atoms with E-state index in [0.29, 0.717) is 12.4 Å². The van der Waals surface area contributed by atoms with Crippen LogP contribution < -0.4 is 5.32 Å². The number of oxazole rings is 1. The molecule has 0 atom stereocenters. The molecule has 156 valence electrons. The summed E-state index contributed by atoms with van der Waals surface area (Å²) >= 11 is 0. The second kappa shape index (κ2) is 9.59. The molecule has 4 rings (SSSR count). The quantitative estimate of drug-likeness (QED) is 0.680. The van der Waals surface area contributed by atoms with E-state index in [4.69, 9.17) is 9.40 Å². The number of amides is 2. The Morgan fingerprint density at radius 2 is 1.67 bits per heavy atom. The van der Waals surface area contributed by atoms with Crippen molar-refractivity contribution in [3.05, 3.63) is 77.7 Å². The summed E-state index contributed by atoms with van der Waals surface area (Å²) < 4.78 is 5.87. The highest BCUT2D eigenvalue weighted by Crippen LogP contribution is 2.22. The fourth-order valence-electron chi connectivity index (χ4n) is 3.67. The van der Waals surface area contributed by atoms with Crippen LogP contribution in [0.25, 0.3) is 11.5 Å². The number of nitrogens with zero attached hydrogens (tertiary/aromatic N) is 3. The molecule has 0 saturated carbocycles. The van der Waals surface area contributed by atoms with Crippen molar-refractivity contribution in [1.29, 1.82) is 0 Å². The lowest BCUT2D eigenvalue weighted by molar-refractivity contribution is 0.134. The first-order valence-electron chi connectivity index (χ1n) is 10.5. The van der Waals surface area contributed by atoms with E-state index in [1.54, 1.807) is 0 Å². The fraction of sp³-hybridized carbons (Fsp3) is 0.333. The van der Waals surface area contributed by atoms with E-state index < -0.39 is 0 Å². The average Bonchev–Trinajstić information content (AvgIpc) is 3.16. The van der Waals surface area contributed by atoms with Crippen molar-refractivity contribution >= 4 is 6.03 Å². The first kappa shape index (κ1) is 20.2. The minimum Gasteiger partial charge on any atom is -0.441 e. The van der Waals surface area contributed by atoms with Crippen LogP contribution in [0.4, 0.5) is 4.79 Å². The van der Waals surface area contributed by atoms with Gasteiger partial charge >= 0.3 is 6.03 Å². The van der Waals surface area contributed by atoms with Gasteiger partial charge in [-0.1, -0.05) is 48.5 Å². The Bertz CT molecular complexity index is 948. The van der Waals surface area contributed by atoms with Gasteiger partial charge in [-0.05, 0) is 31.0 Å². The molecule has 1 aliphatic rings. The molecule has 2 amide bonds. The molecule has 0 bridgehead atoms. The van der Waals surface area contributed by atoms with Gasteiger partial charge in [0.05, 0.1) is 5.69 Å². The zero-order valence-electron chi connectivity index (χ0n) is 17.4. The number of hydrogen-bond donors (Lipinski definition) is 1. The van der Waals surface area contributed by atoms with Gasteiger partial charge in [0, 0.05) is 44.8 Å². The van der Waals surface area contributed by atoms with Crippen molar-refractivity contribution in [2.24, 2.45) is 0 Å². The van der Waals surface area contributed by atoms with E-state index in [1.165, 1.54) is 5.56 Å². The number of nitrogens with one attached hydrogen (secondary N) is 1. The number of carbonyl (C=O) groups excluding carboxylic acids is 1. The molecular formula is C24H28N4O2. The maximum Gasteiger partial charge on any atom is 0.317 e. The monoisotopic (exact) mass is 404 g/mol. The summed E-state index contributed by atoms with van der Waals surface area (Å²) in [7, 11) is 0. The average molecular weight is 405 g/mol. The van der Waals surface area contributed by atoms with E-state index in [1.807, 2.05) is 60.4 Å². The maximum atomic E-state index is 12.4. The summed E-state index contributed by atoms with van der Waals surface area (Å²) in [6.45, 7) is 6.47. The zero-order chi connectivity index (χ0) is 20.8. The van der Waals surface area contributed by atoms with Crippen LogP contribution in [-0.2, 0) is 13.0 Å². The summed E-state index contributed by atoms with van der Waals surface area (Å²) in [6.07, 6.45) is 0.849. The highest BCUT2D eigenvalue weighted by molar-refractivity contribution is 5.74. The van der Waals surface area contributed by atoms with Gasteiger partial charge in [0.1, 0.15) is 5.76 Å². The van der Waals surface area contributed by atoms with Gasteiger partial charge in [-0.15, -0.1) is 0 Å². The topological polar surface area (TPSA) is 61.6 Å². The number of piperazine rings is 1. The number of carbonyl (C=O) groups is 1. The molecule has 2 aromatic carbocycles. The predicted octanol–water partition coefficient (Wildman–Crippen LogP) is 3.72. The molecule has 1 fully saturated rings. The predicted molar refractivity (Wildman–Crippen MR) is 117 cm³/mol. The third-order valence-electron chi connectivity index (χ3n) is 5.48. The smallest absolute Gasteiger partial charge is 0.317 e. The third kappa shape index (κ3) is 5.07. The minimum atomic E-state index is 0.0227. The van der Waals surface area contributed by atoms with Crippen LogP contribution in [0.5, 0.6) is 0 Å². The normalized spacial score (nSPS) is 14.6. The van der Waals surface area contributed by atoms with Crippen molar-refractivity contribution in [2.45, 2.75) is 19.9 Å². The molecule has 1 N–H and O–H groups in total. The lowest BCUT2D eigenvalue weighted by Gasteiger charge is -2.34. The van der Waals surface area contributed by atoms with Gasteiger partial charge in [0.25, 0.3) is 0 Å². The van der Waals surface area contributed by atoms with Crippen molar-refractivity contribution in [1.82, 2.24) is 20.1 Å². The zero-order valence-corrected chi connectivity index (χ0v) is 17.4. The van der Waals surface area contributed by atoms with Crippen LogP contribution in [0.15, 0.2) is 65.1 Å². The fourth-order valence-corrected chi connectivity index (χ4v) is 3.67. The van der Waals surface area contributed by atoms with Gasteiger partial charge in [-0.3, -0.25) is 4.90 Å². The molecule has 6 heteroatoms. The molecule has 6 nitrogen and oxygen atoms in total. The Morgan fingerprint density at radius 1 is 1.00 bits per heavy atom.